The van der Waals surface area contributed by atoms with Crippen molar-refractivity contribution in [2.45, 2.75) is 6.61 Å². The van der Waals surface area contributed by atoms with Gasteiger partial charge in [0.1, 0.15) is 6.61 Å². The molecule has 0 aliphatic carbocycles. The predicted molar refractivity (Wildman–Crippen MR) is 41.2 cm³/mol. The molecule has 4 nitrogen and oxygen atoms in total. The zero-order valence-corrected chi connectivity index (χ0v) is 6.73. The first-order chi connectivity index (χ1) is 6.20. The Labute approximate surface area is 74.8 Å². The molecule has 0 atom stereocenters. The molecule has 0 amide bonds. The predicted octanol–water partition coefficient (Wildman–Crippen LogP) is -0.520. The smallest absolute Gasteiger partial charge is 0.354 e. The van der Waals surface area contributed by atoms with Crippen LogP contribution in [0.2, 0.25) is 0 Å². The van der Waals surface area contributed by atoms with E-state index in [1.54, 1.807) is 24.3 Å². The lowest BCUT2D eigenvalue weighted by molar-refractivity contribution is -0.303. The van der Waals surface area contributed by atoms with Crippen LogP contribution in [-0.4, -0.2) is 11.9 Å². The van der Waals surface area contributed by atoms with E-state index in [9.17, 15) is 14.7 Å². The molecule has 68 valence electrons. The lowest BCUT2D eigenvalue weighted by Gasteiger charge is -2.04. The van der Waals surface area contributed by atoms with Crippen molar-refractivity contribution in [3.63, 3.8) is 0 Å². The Morgan fingerprint density at radius 1 is 1.23 bits per heavy atom. The summed E-state index contributed by atoms with van der Waals surface area (Å²) < 4.78 is 4.39. The first-order valence-electron chi connectivity index (χ1n) is 3.62. The van der Waals surface area contributed by atoms with Crippen LogP contribution in [0, 0.1) is 0 Å². The van der Waals surface area contributed by atoms with Crippen LogP contribution in [0.5, 0.6) is 0 Å². The van der Waals surface area contributed by atoms with Gasteiger partial charge in [0, 0.05) is 0 Å². The van der Waals surface area contributed by atoms with Gasteiger partial charge in [0.2, 0.25) is 0 Å². The Morgan fingerprint density at radius 2 is 1.85 bits per heavy atom. The summed E-state index contributed by atoms with van der Waals surface area (Å²) in [6, 6.07) is 8.79. The van der Waals surface area contributed by atoms with Gasteiger partial charge in [-0.05, 0) is 5.56 Å². The van der Waals surface area contributed by atoms with E-state index in [4.69, 9.17) is 0 Å². The lowest BCUT2D eigenvalue weighted by atomic mass is 10.2. The molecule has 1 aromatic carbocycles. The molecule has 1 aromatic rings. The average Bonchev–Trinajstić information content (AvgIpc) is 2.15. The van der Waals surface area contributed by atoms with Crippen LogP contribution >= 0.6 is 0 Å². The third kappa shape index (κ3) is 2.94. The molecule has 4 heteroatoms. The molecular weight excluding hydrogens is 172 g/mol. The third-order valence-corrected chi connectivity index (χ3v) is 1.38. The minimum atomic E-state index is -1.82. The molecule has 1 rings (SSSR count). The second-order valence-corrected chi connectivity index (χ2v) is 2.35. The van der Waals surface area contributed by atoms with E-state index < -0.39 is 11.9 Å². The van der Waals surface area contributed by atoms with Crippen LogP contribution in [0.25, 0.3) is 0 Å². The van der Waals surface area contributed by atoms with Gasteiger partial charge in [-0.25, -0.2) is 4.79 Å². The van der Waals surface area contributed by atoms with Gasteiger partial charge in [-0.3, -0.25) is 0 Å². The number of aliphatic carboxylic acids is 1. The monoisotopic (exact) mass is 179 g/mol. The summed E-state index contributed by atoms with van der Waals surface area (Å²) in [5.74, 6) is -3.17. The molecule has 0 spiro atoms. The SMILES string of the molecule is O=C([O-])C(=O)OCc1ccccc1. The summed E-state index contributed by atoms with van der Waals surface area (Å²) in [6.45, 7) is -0.0480. The van der Waals surface area contributed by atoms with Crippen molar-refractivity contribution in [2.24, 2.45) is 0 Å². The van der Waals surface area contributed by atoms with Crippen molar-refractivity contribution in [2.75, 3.05) is 0 Å². The van der Waals surface area contributed by atoms with Crippen molar-refractivity contribution >= 4 is 11.9 Å². The zero-order chi connectivity index (χ0) is 9.68. The normalized spacial score (nSPS) is 9.23. The van der Waals surface area contributed by atoms with Crippen LogP contribution in [0.3, 0.4) is 0 Å². The van der Waals surface area contributed by atoms with Gasteiger partial charge in [-0.15, -0.1) is 0 Å². The van der Waals surface area contributed by atoms with E-state index in [0.29, 0.717) is 0 Å². The number of carbonyl (C=O) groups excluding carboxylic acids is 2. The molecule has 0 N–H and O–H groups in total. The van der Waals surface area contributed by atoms with Gasteiger partial charge in [0.15, 0.2) is 5.97 Å². The lowest BCUT2D eigenvalue weighted by Crippen LogP contribution is -2.33. The highest BCUT2D eigenvalue weighted by Gasteiger charge is 2.02. The third-order valence-electron chi connectivity index (χ3n) is 1.38. The minimum absolute atomic E-state index is 0.0480. The standard InChI is InChI=1S/C9H8O4/c10-8(11)9(12)13-6-7-4-2-1-3-5-7/h1-5H,6H2,(H,10,11)/p-1. The molecule has 0 bridgehead atoms. The highest BCUT2D eigenvalue weighted by Crippen LogP contribution is 1.99. The first kappa shape index (κ1) is 9.25. The van der Waals surface area contributed by atoms with Gasteiger partial charge < -0.3 is 14.6 Å². The van der Waals surface area contributed by atoms with Crippen molar-refractivity contribution in [1.29, 1.82) is 0 Å². The Balaban J connectivity index is 2.44. The van der Waals surface area contributed by atoms with Crippen molar-refractivity contribution in [3.8, 4) is 0 Å². The molecule has 13 heavy (non-hydrogen) atoms. The number of hydrogen-bond donors (Lipinski definition) is 0. The van der Waals surface area contributed by atoms with Crippen LogP contribution in [0.1, 0.15) is 5.56 Å². The van der Waals surface area contributed by atoms with Crippen LogP contribution < -0.4 is 5.11 Å². The Morgan fingerprint density at radius 3 is 2.38 bits per heavy atom. The molecular formula is C9H7O4-. The maximum Gasteiger partial charge on any atom is 0.354 e. The summed E-state index contributed by atoms with van der Waals surface area (Å²) in [6.07, 6.45) is 0. The maximum atomic E-state index is 10.4. The highest BCUT2D eigenvalue weighted by molar-refractivity contribution is 6.27. The van der Waals surface area contributed by atoms with Crippen LogP contribution in [0.4, 0.5) is 0 Å². The summed E-state index contributed by atoms with van der Waals surface area (Å²) in [5, 5.41) is 9.93. The molecule has 0 saturated heterocycles. The quantitative estimate of drug-likeness (QED) is 0.452. The second-order valence-electron chi connectivity index (χ2n) is 2.35. The Hall–Kier alpha value is -1.84. The van der Waals surface area contributed by atoms with E-state index >= 15 is 0 Å². The fourth-order valence-electron chi connectivity index (χ4n) is 0.782. The number of ether oxygens (including phenoxy) is 1. The number of rotatable bonds is 2. The topological polar surface area (TPSA) is 66.4 Å². The average molecular weight is 179 g/mol. The number of carbonyl (C=O) groups is 2. The number of esters is 1. The fourth-order valence-corrected chi connectivity index (χ4v) is 0.782. The van der Waals surface area contributed by atoms with Crippen LogP contribution in [0.15, 0.2) is 30.3 Å². The fraction of sp³-hybridized carbons (Fsp3) is 0.111. The summed E-state index contributed by atoms with van der Waals surface area (Å²) in [7, 11) is 0. The largest absolute Gasteiger partial charge is 0.539 e. The van der Waals surface area contributed by atoms with E-state index in [0.717, 1.165) is 5.56 Å². The van der Waals surface area contributed by atoms with Gasteiger partial charge in [-0.1, -0.05) is 30.3 Å². The van der Waals surface area contributed by atoms with Gasteiger partial charge in [0.25, 0.3) is 0 Å². The van der Waals surface area contributed by atoms with Crippen molar-refractivity contribution in [1.82, 2.24) is 0 Å². The van der Waals surface area contributed by atoms with E-state index in [1.165, 1.54) is 0 Å². The number of carboxylic acids is 1. The molecule has 0 radical (unpaired) electrons. The molecule has 0 heterocycles. The van der Waals surface area contributed by atoms with E-state index in [2.05, 4.69) is 4.74 Å². The summed E-state index contributed by atoms with van der Waals surface area (Å²) in [4.78, 5) is 20.4. The Kier molecular flexibility index (Phi) is 3.03. The second kappa shape index (κ2) is 4.25. The molecule has 0 unspecified atom stereocenters. The van der Waals surface area contributed by atoms with Gasteiger partial charge in [0.05, 0.1) is 0 Å². The summed E-state index contributed by atoms with van der Waals surface area (Å²) >= 11 is 0. The molecule has 0 saturated carbocycles. The number of carboxylic acid groups (broad SMARTS) is 1. The molecule has 0 aromatic heterocycles. The summed E-state index contributed by atoms with van der Waals surface area (Å²) in [5.41, 5.74) is 0.733. The highest BCUT2D eigenvalue weighted by atomic mass is 16.6. The molecule has 0 aliphatic heterocycles. The Bertz CT molecular complexity index is 305. The zero-order valence-electron chi connectivity index (χ0n) is 6.73. The van der Waals surface area contributed by atoms with Gasteiger partial charge >= 0.3 is 5.97 Å². The van der Waals surface area contributed by atoms with Gasteiger partial charge in [-0.2, -0.15) is 0 Å². The first-order valence-corrected chi connectivity index (χ1v) is 3.62. The van der Waals surface area contributed by atoms with Crippen molar-refractivity contribution < 1.29 is 19.4 Å². The number of benzene rings is 1. The van der Waals surface area contributed by atoms with E-state index in [-0.39, 0.29) is 6.61 Å². The number of hydrogen-bond acceptors (Lipinski definition) is 4. The maximum absolute atomic E-state index is 10.4. The van der Waals surface area contributed by atoms with E-state index in [1.807, 2.05) is 6.07 Å². The van der Waals surface area contributed by atoms with Crippen LogP contribution in [-0.2, 0) is 20.9 Å². The molecule has 0 fully saturated rings. The van der Waals surface area contributed by atoms with Crippen molar-refractivity contribution in [3.05, 3.63) is 35.9 Å². The molecule has 0 aliphatic rings. The minimum Gasteiger partial charge on any atom is -0.539 e.